The molecule has 108 valence electrons. The van der Waals surface area contributed by atoms with E-state index < -0.39 is 18.0 Å². The minimum absolute atomic E-state index is 0.0152. The first kappa shape index (κ1) is 15.3. The number of carbonyl (C=O) groups is 3. The lowest BCUT2D eigenvalue weighted by molar-refractivity contribution is -0.139. The summed E-state index contributed by atoms with van der Waals surface area (Å²) in [6, 6.07) is -1.43. The van der Waals surface area contributed by atoms with Crippen LogP contribution in [0.25, 0.3) is 0 Å². The number of carboxylic acids is 1. The van der Waals surface area contributed by atoms with Gasteiger partial charge in [0.15, 0.2) is 0 Å². The van der Waals surface area contributed by atoms with Crippen LogP contribution in [-0.2, 0) is 9.59 Å². The fourth-order valence-corrected chi connectivity index (χ4v) is 1.92. The molecule has 0 radical (unpaired) electrons. The number of amides is 3. The predicted molar refractivity (Wildman–Crippen MR) is 68.6 cm³/mol. The van der Waals surface area contributed by atoms with Gasteiger partial charge in [-0.1, -0.05) is 19.8 Å². The summed E-state index contributed by atoms with van der Waals surface area (Å²) in [6.45, 7) is 2.28. The SMILES string of the molecule is CCCC[C@H](NC(=O)NCC1CCC(=O)N1)C(=O)O. The van der Waals surface area contributed by atoms with Crippen molar-refractivity contribution in [1.29, 1.82) is 0 Å². The molecule has 1 unspecified atom stereocenters. The molecule has 0 aromatic heterocycles. The van der Waals surface area contributed by atoms with Crippen molar-refractivity contribution in [2.75, 3.05) is 6.54 Å². The maximum Gasteiger partial charge on any atom is 0.326 e. The van der Waals surface area contributed by atoms with Crippen LogP contribution in [0.1, 0.15) is 39.0 Å². The fraction of sp³-hybridized carbons (Fsp3) is 0.750. The molecule has 0 aliphatic carbocycles. The highest BCUT2D eigenvalue weighted by Crippen LogP contribution is 2.05. The van der Waals surface area contributed by atoms with Crippen molar-refractivity contribution in [3.63, 3.8) is 0 Å². The lowest BCUT2D eigenvalue weighted by atomic mass is 10.1. The van der Waals surface area contributed by atoms with Gasteiger partial charge >= 0.3 is 12.0 Å². The normalized spacial score (nSPS) is 19.6. The summed E-state index contributed by atoms with van der Waals surface area (Å²) in [4.78, 5) is 33.5. The lowest BCUT2D eigenvalue weighted by Gasteiger charge is -2.16. The molecule has 0 aromatic rings. The van der Waals surface area contributed by atoms with Crippen LogP contribution in [0.5, 0.6) is 0 Å². The third-order valence-electron chi connectivity index (χ3n) is 3.04. The van der Waals surface area contributed by atoms with Gasteiger partial charge < -0.3 is 21.1 Å². The highest BCUT2D eigenvalue weighted by Gasteiger charge is 2.22. The van der Waals surface area contributed by atoms with Crippen LogP contribution in [0.15, 0.2) is 0 Å². The van der Waals surface area contributed by atoms with E-state index in [2.05, 4.69) is 16.0 Å². The molecular weight excluding hydrogens is 250 g/mol. The van der Waals surface area contributed by atoms with E-state index in [9.17, 15) is 14.4 Å². The summed E-state index contributed by atoms with van der Waals surface area (Å²) in [5.41, 5.74) is 0. The standard InChI is InChI=1S/C12H21N3O4/c1-2-3-4-9(11(17)18)15-12(19)13-7-8-5-6-10(16)14-8/h8-9H,2-7H2,1H3,(H,14,16)(H,17,18)(H2,13,15,19)/t8?,9-/m0/s1. The molecule has 0 spiro atoms. The van der Waals surface area contributed by atoms with E-state index in [1.54, 1.807) is 0 Å². The Balaban J connectivity index is 2.27. The molecule has 1 aliphatic rings. The van der Waals surface area contributed by atoms with Gasteiger partial charge in [0.25, 0.3) is 0 Å². The van der Waals surface area contributed by atoms with Crippen LogP contribution in [0, 0.1) is 0 Å². The highest BCUT2D eigenvalue weighted by atomic mass is 16.4. The lowest BCUT2D eigenvalue weighted by Crippen LogP contribution is -2.48. The van der Waals surface area contributed by atoms with Crippen LogP contribution in [0.3, 0.4) is 0 Å². The number of hydrogen-bond acceptors (Lipinski definition) is 3. The minimum atomic E-state index is -1.03. The third kappa shape index (κ3) is 5.58. The molecule has 1 aliphatic heterocycles. The number of rotatable bonds is 7. The molecule has 2 atom stereocenters. The van der Waals surface area contributed by atoms with Gasteiger partial charge in [0.1, 0.15) is 6.04 Å². The molecule has 1 rings (SSSR count). The van der Waals surface area contributed by atoms with Gasteiger partial charge in [-0.2, -0.15) is 0 Å². The van der Waals surface area contributed by atoms with Crippen molar-refractivity contribution in [2.45, 2.75) is 51.1 Å². The summed E-state index contributed by atoms with van der Waals surface area (Å²) in [5, 5.41) is 16.7. The van der Waals surface area contributed by atoms with Gasteiger partial charge in [-0.05, 0) is 12.8 Å². The van der Waals surface area contributed by atoms with Gasteiger partial charge in [-0.25, -0.2) is 9.59 Å². The molecule has 19 heavy (non-hydrogen) atoms. The second kappa shape index (κ2) is 7.60. The van der Waals surface area contributed by atoms with Gasteiger partial charge in [-0.15, -0.1) is 0 Å². The summed E-state index contributed by atoms with van der Waals surface area (Å²) < 4.78 is 0. The quantitative estimate of drug-likeness (QED) is 0.530. The maximum atomic E-state index is 11.6. The number of unbranched alkanes of at least 4 members (excludes halogenated alkanes) is 1. The van der Waals surface area contributed by atoms with Crippen LogP contribution >= 0.6 is 0 Å². The first-order valence-electron chi connectivity index (χ1n) is 6.59. The number of aliphatic carboxylic acids is 1. The second-order valence-electron chi connectivity index (χ2n) is 4.69. The zero-order valence-corrected chi connectivity index (χ0v) is 11.1. The maximum absolute atomic E-state index is 11.6. The summed E-state index contributed by atoms with van der Waals surface area (Å²) in [7, 11) is 0. The predicted octanol–water partition coefficient (Wildman–Crippen LogP) is 0.208. The van der Waals surface area contributed by atoms with Crippen molar-refractivity contribution in [1.82, 2.24) is 16.0 Å². The second-order valence-corrected chi connectivity index (χ2v) is 4.69. The van der Waals surface area contributed by atoms with Gasteiger partial charge in [0, 0.05) is 19.0 Å². The molecule has 0 saturated carbocycles. The molecule has 7 nitrogen and oxygen atoms in total. The number of urea groups is 1. The number of carbonyl (C=O) groups excluding carboxylic acids is 2. The average Bonchev–Trinajstić information content (AvgIpc) is 2.77. The van der Waals surface area contributed by atoms with E-state index in [4.69, 9.17) is 5.11 Å². The van der Waals surface area contributed by atoms with Crippen molar-refractivity contribution < 1.29 is 19.5 Å². The number of hydrogen-bond donors (Lipinski definition) is 4. The van der Waals surface area contributed by atoms with Crippen LogP contribution in [0.2, 0.25) is 0 Å². The zero-order chi connectivity index (χ0) is 14.3. The van der Waals surface area contributed by atoms with E-state index in [0.717, 1.165) is 12.8 Å². The van der Waals surface area contributed by atoms with E-state index in [0.29, 0.717) is 25.8 Å². The summed E-state index contributed by atoms with van der Waals surface area (Å²) in [5.74, 6) is -1.05. The molecule has 7 heteroatoms. The smallest absolute Gasteiger partial charge is 0.326 e. The first-order valence-corrected chi connectivity index (χ1v) is 6.59. The van der Waals surface area contributed by atoms with Gasteiger partial charge in [0.05, 0.1) is 0 Å². The van der Waals surface area contributed by atoms with E-state index in [-0.39, 0.29) is 11.9 Å². The molecule has 4 N–H and O–H groups in total. The van der Waals surface area contributed by atoms with Crippen molar-refractivity contribution >= 4 is 17.9 Å². The van der Waals surface area contributed by atoms with E-state index in [1.807, 2.05) is 6.92 Å². The Morgan fingerprint density at radius 1 is 1.53 bits per heavy atom. The van der Waals surface area contributed by atoms with Crippen molar-refractivity contribution in [3.8, 4) is 0 Å². The Labute approximate surface area is 112 Å². The number of nitrogens with one attached hydrogen (secondary N) is 3. The van der Waals surface area contributed by atoms with Crippen LogP contribution in [-0.4, -0.2) is 41.6 Å². The Hall–Kier alpha value is -1.79. The van der Waals surface area contributed by atoms with Gasteiger partial charge in [-0.3, -0.25) is 4.79 Å². The molecule has 1 fully saturated rings. The Bertz CT molecular complexity index is 346. The van der Waals surface area contributed by atoms with E-state index >= 15 is 0 Å². The van der Waals surface area contributed by atoms with Crippen LogP contribution in [0.4, 0.5) is 4.79 Å². The monoisotopic (exact) mass is 271 g/mol. The molecule has 1 saturated heterocycles. The fourth-order valence-electron chi connectivity index (χ4n) is 1.92. The van der Waals surface area contributed by atoms with Crippen LogP contribution < -0.4 is 16.0 Å². The number of carboxylic acid groups (broad SMARTS) is 1. The average molecular weight is 271 g/mol. The topological polar surface area (TPSA) is 108 Å². The summed E-state index contributed by atoms with van der Waals surface area (Å²) >= 11 is 0. The molecule has 0 bridgehead atoms. The molecule has 1 heterocycles. The summed E-state index contributed by atoms with van der Waals surface area (Å²) in [6.07, 6.45) is 3.20. The molecular formula is C12H21N3O4. The Morgan fingerprint density at radius 3 is 2.79 bits per heavy atom. The Morgan fingerprint density at radius 2 is 2.26 bits per heavy atom. The van der Waals surface area contributed by atoms with E-state index in [1.165, 1.54) is 0 Å². The molecule has 0 aromatic carbocycles. The first-order chi connectivity index (χ1) is 9.02. The van der Waals surface area contributed by atoms with Crippen molar-refractivity contribution in [2.24, 2.45) is 0 Å². The zero-order valence-electron chi connectivity index (χ0n) is 11.1. The van der Waals surface area contributed by atoms with Crippen molar-refractivity contribution in [3.05, 3.63) is 0 Å². The largest absolute Gasteiger partial charge is 0.480 e. The Kier molecular flexibility index (Phi) is 6.11. The van der Waals surface area contributed by atoms with Gasteiger partial charge in [0.2, 0.25) is 5.91 Å². The molecule has 3 amide bonds. The minimum Gasteiger partial charge on any atom is -0.480 e. The highest BCUT2D eigenvalue weighted by molar-refractivity contribution is 5.82. The third-order valence-corrected chi connectivity index (χ3v) is 3.04.